The van der Waals surface area contributed by atoms with Gasteiger partial charge in [-0.15, -0.1) is 0 Å². The molecule has 0 aromatic heterocycles. The first-order chi connectivity index (χ1) is 11.6. The van der Waals surface area contributed by atoms with E-state index in [-0.39, 0.29) is 19.6 Å². The molecular formula is C13H16N2O9S. The second kappa shape index (κ2) is 7.29. The summed E-state index contributed by atoms with van der Waals surface area (Å²) < 4.78 is 35.0. The summed E-state index contributed by atoms with van der Waals surface area (Å²) in [4.78, 5) is 48.6. The van der Waals surface area contributed by atoms with Gasteiger partial charge in [-0.3, -0.25) is 28.6 Å². The second-order valence-corrected chi connectivity index (χ2v) is 7.08. The van der Waals surface area contributed by atoms with Crippen molar-refractivity contribution in [1.29, 1.82) is 0 Å². The molecule has 2 N–H and O–H groups in total. The predicted octanol–water partition coefficient (Wildman–Crippen LogP) is -2.13. The SMILES string of the molecule is O=C(O)CN1C(=O)[C@@H](N2C(=O)C=CC2=O)C[C@H]1COCCS(=O)(=O)O. The van der Waals surface area contributed by atoms with Gasteiger partial charge in [0.15, 0.2) is 0 Å². The summed E-state index contributed by atoms with van der Waals surface area (Å²) in [6.45, 7) is -1.20. The standard InChI is InChI=1S/C13H16N2O9S/c16-10-1-2-11(17)15(10)9-5-8(7-24-3-4-25(21,22)23)14(13(9)20)6-12(18)19/h1-2,8-9H,3-7H2,(H,18,19)(H,21,22,23)/t8-,9-/m0/s1. The van der Waals surface area contributed by atoms with Gasteiger partial charge in [0.25, 0.3) is 21.9 Å². The monoisotopic (exact) mass is 376 g/mol. The van der Waals surface area contributed by atoms with E-state index in [0.717, 1.165) is 22.0 Å². The number of amides is 3. The number of rotatable bonds is 8. The van der Waals surface area contributed by atoms with Gasteiger partial charge in [-0.1, -0.05) is 0 Å². The van der Waals surface area contributed by atoms with Crippen LogP contribution in [0.25, 0.3) is 0 Å². The van der Waals surface area contributed by atoms with Crippen LogP contribution in [0.3, 0.4) is 0 Å². The average molecular weight is 376 g/mol. The van der Waals surface area contributed by atoms with E-state index in [1.54, 1.807) is 0 Å². The molecule has 0 unspecified atom stereocenters. The van der Waals surface area contributed by atoms with Gasteiger partial charge in [0.1, 0.15) is 12.6 Å². The van der Waals surface area contributed by atoms with Crippen LogP contribution in [0.15, 0.2) is 12.2 Å². The highest BCUT2D eigenvalue weighted by Crippen LogP contribution is 2.26. The van der Waals surface area contributed by atoms with E-state index in [1.807, 2.05) is 0 Å². The van der Waals surface area contributed by atoms with Crippen LogP contribution in [0.4, 0.5) is 0 Å². The summed E-state index contributed by atoms with van der Waals surface area (Å²) in [5, 5.41) is 8.94. The Morgan fingerprint density at radius 3 is 2.36 bits per heavy atom. The van der Waals surface area contributed by atoms with Crippen molar-refractivity contribution in [1.82, 2.24) is 9.80 Å². The van der Waals surface area contributed by atoms with E-state index in [2.05, 4.69) is 0 Å². The van der Waals surface area contributed by atoms with Gasteiger partial charge in [-0.25, -0.2) is 0 Å². The number of hydrogen-bond acceptors (Lipinski definition) is 7. The average Bonchev–Trinajstić information content (AvgIpc) is 2.96. The van der Waals surface area contributed by atoms with Gasteiger partial charge in [0.05, 0.1) is 25.0 Å². The maximum Gasteiger partial charge on any atom is 0.323 e. The smallest absolute Gasteiger partial charge is 0.323 e. The van der Waals surface area contributed by atoms with E-state index < -0.39 is 58.2 Å². The fourth-order valence-electron chi connectivity index (χ4n) is 2.69. The van der Waals surface area contributed by atoms with E-state index in [1.165, 1.54) is 0 Å². The number of nitrogens with zero attached hydrogens (tertiary/aromatic N) is 2. The summed E-state index contributed by atoms with van der Waals surface area (Å²) in [5.41, 5.74) is 0. The summed E-state index contributed by atoms with van der Waals surface area (Å²) >= 11 is 0. The molecule has 1 saturated heterocycles. The molecule has 12 heteroatoms. The Balaban J connectivity index is 2.06. The van der Waals surface area contributed by atoms with Crippen molar-refractivity contribution < 1.29 is 42.0 Å². The number of carboxylic acid groups (broad SMARTS) is 1. The molecule has 11 nitrogen and oxygen atoms in total. The lowest BCUT2D eigenvalue weighted by Crippen LogP contribution is -2.46. The zero-order valence-corrected chi connectivity index (χ0v) is 13.7. The van der Waals surface area contributed by atoms with Crippen molar-refractivity contribution in [3.8, 4) is 0 Å². The number of likely N-dealkylation sites (tertiary alicyclic amines) is 1. The molecule has 2 heterocycles. The van der Waals surface area contributed by atoms with Crippen LogP contribution in [0.1, 0.15) is 6.42 Å². The molecule has 2 atom stereocenters. The molecule has 3 amide bonds. The quantitative estimate of drug-likeness (QED) is 0.274. The fourth-order valence-corrected chi connectivity index (χ4v) is 3.01. The van der Waals surface area contributed by atoms with Crippen LogP contribution in [-0.2, 0) is 34.0 Å². The van der Waals surface area contributed by atoms with Crippen LogP contribution in [0.5, 0.6) is 0 Å². The number of imide groups is 1. The Morgan fingerprint density at radius 2 is 1.84 bits per heavy atom. The largest absolute Gasteiger partial charge is 0.480 e. The first-order valence-corrected chi connectivity index (χ1v) is 8.81. The highest BCUT2D eigenvalue weighted by molar-refractivity contribution is 7.85. The van der Waals surface area contributed by atoms with Crippen LogP contribution < -0.4 is 0 Å². The summed E-state index contributed by atoms with van der Waals surface area (Å²) in [5.74, 6) is -3.95. The first-order valence-electron chi connectivity index (χ1n) is 7.20. The topological polar surface area (TPSA) is 159 Å². The number of carbonyl (C=O) groups excluding carboxylic acids is 3. The molecule has 2 aliphatic rings. The Labute approximate surface area is 142 Å². The molecule has 0 spiro atoms. The fraction of sp³-hybridized carbons (Fsp3) is 0.538. The maximum absolute atomic E-state index is 12.4. The third-order valence-corrected chi connectivity index (χ3v) is 4.44. The molecule has 0 aliphatic carbocycles. The third-order valence-electron chi connectivity index (χ3n) is 3.76. The summed E-state index contributed by atoms with van der Waals surface area (Å²) in [7, 11) is -4.21. The van der Waals surface area contributed by atoms with Crippen LogP contribution >= 0.6 is 0 Å². The Morgan fingerprint density at radius 1 is 1.24 bits per heavy atom. The Kier molecular flexibility index (Phi) is 5.55. The third kappa shape index (κ3) is 4.61. The van der Waals surface area contributed by atoms with Crippen LogP contribution in [0.2, 0.25) is 0 Å². The highest BCUT2D eigenvalue weighted by Gasteiger charge is 2.47. The van der Waals surface area contributed by atoms with Gasteiger partial charge in [0, 0.05) is 18.6 Å². The molecule has 2 rings (SSSR count). The normalized spacial score (nSPS) is 23.8. The number of hydrogen-bond donors (Lipinski definition) is 2. The lowest BCUT2D eigenvalue weighted by molar-refractivity contribution is -0.149. The lowest BCUT2D eigenvalue weighted by Gasteiger charge is -2.22. The van der Waals surface area contributed by atoms with Crippen LogP contribution in [-0.4, -0.2) is 89.2 Å². The molecule has 0 aromatic rings. The number of carbonyl (C=O) groups is 4. The van der Waals surface area contributed by atoms with Crippen molar-refractivity contribution in [2.75, 3.05) is 25.5 Å². The Hall–Kier alpha value is -2.31. The molecular weight excluding hydrogens is 360 g/mol. The summed E-state index contributed by atoms with van der Waals surface area (Å²) in [6.07, 6.45) is 2.01. The van der Waals surface area contributed by atoms with Crippen molar-refractivity contribution >= 4 is 33.8 Å². The molecule has 2 aliphatic heterocycles. The number of carboxylic acids is 1. The predicted molar refractivity (Wildman–Crippen MR) is 79.8 cm³/mol. The van der Waals surface area contributed by atoms with E-state index in [9.17, 15) is 27.6 Å². The van der Waals surface area contributed by atoms with E-state index >= 15 is 0 Å². The lowest BCUT2D eigenvalue weighted by atomic mass is 10.1. The molecule has 0 saturated carbocycles. The zero-order chi connectivity index (χ0) is 18.8. The minimum absolute atomic E-state index is 0.0306. The number of ether oxygens (including phenoxy) is 1. The zero-order valence-electron chi connectivity index (χ0n) is 12.9. The maximum atomic E-state index is 12.4. The minimum Gasteiger partial charge on any atom is -0.480 e. The number of aliphatic carboxylic acids is 1. The van der Waals surface area contributed by atoms with Crippen molar-refractivity contribution in [2.45, 2.75) is 18.5 Å². The molecule has 0 bridgehead atoms. The van der Waals surface area contributed by atoms with Gasteiger partial charge in [-0.05, 0) is 0 Å². The van der Waals surface area contributed by atoms with Gasteiger partial charge < -0.3 is 14.7 Å². The van der Waals surface area contributed by atoms with Gasteiger partial charge in [-0.2, -0.15) is 8.42 Å². The van der Waals surface area contributed by atoms with E-state index in [4.69, 9.17) is 14.4 Å². The van der Waals surface area contributed by atoms with Crippen molar-refractivity contribution in [2.24, 2.45) is 0 Å². The summed E-state index contributed by atoms with van der Waals surface area (Å²) in [6, 6.07) is -1.89. The van der Waals surface area contributed by atoms with Crippen LogP contribution in [0, 0.1) is 0 Å². The molecule has 138 valence electrons. The minimum atomic E-state index is -4.21. The second-order valence-electron chi connectivity index (χ2n) is 5.51. The van der Waals surface area contributed by atoms with Gasteiger partial charge >= 0.3 is 5.97 Å². The van der Waals surface area contributed by atoms with Gasteiger partial charge in [0.2, 0.25) is 5.91 Å². The molecule has 25 heavy (non-hydrogen) atoms. The van der Waals surface area contributed by atoms with E-state index in [0.29, 0.717) is 0 Å². The van der Waals surface area contributed by atoms with Crippen molar-refractivity contribution in [3.63, 3.8) is 0 Å². The molecule has 0 aromatic carbocycles. The Bertz CT molecular complexity index is 712. The first kappa shape index (κ1) is 19.0. The highest BCUT2D eigenvalue weighted by atomic mass is 32.2. The molecule has 0 radical (unpaired) electrons. The molecule has 1 fully saturated rings. The van der Waals surface area contributed by atoms with Crippen molar-refractivity contribution in [3.05, 3.63) is 12.2 Å².